The average molecular weight is 354 g/mol. The molecule has 0 aliphatic rings. The van der Waals surface area contributed by atoms with E-state index in [1.807, 2.05) is 36.4 Å². The Bertz CT molecular complexity index is 494. The van der Waals surface area contributed by atoms with Gasteiger partial charge in [-0.3, -0.25) is 0 Å². The molecule has 0 atom stereocenters. The van der Waals surface area contributed by atoms with Crippen LogP contribution >= 0.6 is 22.6 Å². The van der Waals surface area contributed by atoms with Gasteiger partial charge in [-0.25, -0.2) is 0 Å². The van der Waals surface area contributed by atoms with Crippen LogP contribution in [0.15, 0.2) is 48.5 Å². The Labute approximate surface area is 121 Å². The number of hydrogen-bond donors (Lipinski definition) is 0. The Hall–Kier alpha value is -1.23. The van der Waals surface area contributed by atoms with Crippen LogP contribution in [-0.4, -0.2) is 13.7 Å². The summed E-state index contributed by atoms with van der Waals surface area (Å²) in [6.45, 7) is 0.687. The maximum absolute atomic E-state index is 5.76. The maximum atomic E-state index is 5.76. The van der Waals surface area contributed by atoms with Gasteiger partial charge >= 0.3 is 0 Å². The van der Waals surface area contributed by atoms with Gasteiger partial charge < -0.3 is 9.47 Å². The number of para-hydroxylation sites is 1. The van der Waals surface area contributed by atoms with Gasteiger partial charge in [-0.05, 0) is 52.4 Å². The molecule has 0 spiro atoms. The summed E-state index contributed by atoms with van der Waals surface area (Å²) < 4.78 is 12.0. The van der Waals surface area contributed by atoms with Crippen LogP contribution in [-0.2, 0) is 6.42 Å². The van der Waals surface area contributed by atoms with Crippen LogP contribution in [0.5, 0.6) is 11.5 Å². The van der Waals surface area contributed by atoms with E-state index in [0.29, 0.717) is 6.61 Å². The highest BCUT2D eigenvalue weighted by molar-refractivity contribution is 14.1. The van der Waals surface area contributed by atoms with Crippen LogP contribution in [0, 0.1) is 3.57 Å². The molecule has 0 heterocycles. The van der Waals surface area contributed by atoms with Gasteiger partial charge in [0, 0.05) is 6.42 Å². The van der Waals surface area contributed by atoms with Crippen LogP contribution in [0.2, 0.25) is 0 Å². The van der Waals surface area contributed by atoms with Crippen LogP contribution in [0.3, 0.4) is 0 Å². The zero-order valence-corrected chi connectivity index (χ0v) is 12.4. The molecular weight excluding hydrogens is 339 g/mol. The average Bonchev–Trinajstić information content (AvgIpc) is 2.42. The van der Waals surface area contributed by atoms with Gasteiger partial charge in [-0.2, -0.15) is 0 Å². The van der Waals surface area contributed by atoms with E-state index in [2.05, 4.69) is 34.7 Å². The molecule has 0 radical (unpaired) electrons. The highest BCUT2D eigenvalue weighted by Crippen LogP contribution is 2.20. The standard InChI is InChI=1S/C15H15IO2/c1-17-13-8-6-12(7-9-13)10-11-18-15-5-3-2-4-14(15)16/h2-9H,10-11H2,1H3. The monoisotopic (exact) mass is 354 g/mol. The van der Waals surface area contributed by atoms with Gasteiger partial charge in [0.1, 0.15) is 11.5 Å². The molecule has 94 valence electrons. The first-order chi connectivity index (χ1) is 8.79. The first kappa shape index (κ1) is 13.2. The topological polar surface area (TPSA) is 18.5 Å². The third-order valence-electron chi connectivity index (χ3n) is 2.64. The lowest BCUT2D eigenvalue weighted by Crippen LogP contribution is -2.02. The zero-order valence-electron chi connectivity index (χ0n) is 10.2. The predicted molar refractivity (Wildman–Crippen MR) is 81.4 cm³/mol. The minimum atomic E-state index is 0.687. The minimum absolute atomic E-state index is 0.687. The van der Waals surface area contributed by atoms with Gasteiger partial charge in [0.05, 0.1) is 17.3 Å². The quantitative estimate of drug-likeness (QED) is 0.758. The third-order valence-corrected chi connectivity index (χ3v) is 3.54. The summed E-state index contributed by atoms with van der Waals surface area (Å²) in [4.78, 5) is 0. The first-order valence-electron chi connectivity index (χ1n) is 5.80. The highest BCUT2D eigenvalue weighted by atomic mass is 127. The fourth-order valence-electron chi connectivity index (χ4n) is 1.63. The molecule has 0 aliphatic carbocycles. The molecule has 0 aliphatic heterocycles. The van der Waals surface area contributed by atoms with Crippen molar-refractivity contribution in [2.45, 2.75) is 6.42 Å². The van der Waals surface area contributed by atoms with Crippen molar-refractivity contribution < 1.29 is 9.47 Å². The molecule has 0 saturated heterocycles. The van der Waals surface area contributed by atoms with E-state index in [1.54, 1.807) is 7.11 Å². The molecule has 0 N–H and O–H groups in total. The van der Waals surface area contributed by atoms with Gasteiger partial charge in [0.15, 0.2) is 0 Å². The zero-order chi connectivity index (χ0) is 12.8. The maximum Gasteiger partial charge on any atom is 0.132 e. The smallest absolute Gasteiger partial charge is 0.132 e. The van der Waals surface area contributed by atoms with Gasteiger partial charge in [-0.1, -0.05) is 24.3 Å². The predicted octanol–water partition coefficient (Wildman–Crippen LogP) is 3.92. The summed E-state index contributed by atoms with van der Waals surface area (Å²) in [6, 6.07) is 16.1. The van der Waals surface area contributed by atoms with E-state index in [4.69, 9.17) is 9.47 Å². The molecule has 0 amide bonds. The Balaban J connectivity index is 1.86. The van der Waals surface area contributed by atoms with E-state index in [-0.39, 0.29) is 0 Å². The van der Waals surface area contributed by atoms with Gasteiger partial charge in [-0.15, -0.1) is 0 Å². The lowest BCUT2D eigenvalue weighted by Gasteiger charge is -2.08. The number of rotatable bonds is 5. The molecule has 0 unspecified atom stereocenters. The molecule has 2 rings (SSSR count). The summed E-state index contributed by atoms with van der Waals surface area (Å²) in [6.07, 6.45) is 0.898. The number of hydrogen-bond acceptors (Lipinski definition) is 2. The summed E-state index contributed by atoms with van der Waals surface area (Å²) in [7, 11) is 1.68. The van der Waals surface area contributed by atoms with Gasteiger partial charge in [0.25, 0.3) is 0 Å². The molecule has 2 nitrogen and oxygen atoms in total. The van der Waals surface area contributed by atoms with Crippen molar-refractivity contribution in [1.29, 1.82) is 0 Å². The van der Waals surface area contributed by atoms with Crippen molar-refractivity contribution in [3.63, 3.8) is 0 Å². The second-order valence-electron chi connectivity index (χ2n) is 3.88. The molecule has 0 bridgehead atoms. The lowest BCUT2D eigenvalue weighted by molar-refractivity contribution is 0.319. The molecule has 2 aromatic rings. The summed E-state index contributed by atoms with van der Waals surface area (Å²) in [5.41, 5.74) is 1.25. The molecule has 3 heteroatoms. The molecule has 0 fully saturated rings. The van der Waals surface area contributed by atoms with Crippen LogP contribution < -0.4 is 9.47 Å². The number of ether oxygens (including phenoxy) is 2. The summed E-state index contributed by atoms with van der Waals surface area (Å²) >= 11 is 2.28. The van der Waals surface area contributed by atoms with Crippen molar-refractivity contribution in [2.75, 3.05) is 13.7 Å². The van der Waals surface area contributed by atoms with Gasteiger partial charge in [0.2, 0.25) is 0 Å². The lowest BCUT2D eigenvalue weighted by atomic mass is 10.1. The van der Waals surface area contributed by atoms with E-state index in [9.17, 15) is 0 Å². The number of benzene rings is 2. The van der Waals surface area contributed by atoms with E-state index in [1.165, 1.54) is 5.56 Å². The SMILES string of the molecule is COc1ccc(CCOc2ccccc2I)cc1. The van der Waals surface area contributed by atoms with Crippen molar-refractivity contribution in [3.05, 3.63) is 57.7 Å². The largest absolute Gasteiger partial charge is 0.497 e. The van der Waals surface area contributed by atoms with Crippen LogP contribution in [0.25, 0.3) is 0 Å². The van der Waals surface area contributed by atoms with Crippen molar-refractivity contribution >= 4 is 22.6 Å². The molecule has 0 saturated carbocycles. The Kier molecular flexibility index (Phi) is 4.87. The highest BCUT2D eigenvalue weighted by Gasteiger charge is 1.99. The molecular formula is C15H15IO2. The second-order valence-corrected chi connectivity index (χ2v) is 5.04. The molecule has 0 aromatic heterocycles. The fourth-order valence-corrected chi connectivity index (χ4v) is 2.18. The molecule has 18 heavy (non-hydrogen) atoms. The number of halogens is 1. The van der Waals surface area contributed by atoms with E-state index in [0.717, 1.165) is 21.5 Å². The Morgan fingerprint density at radius 3 is 2.39 bits per heavy atom. The number of methoxy groups -OCH3 is 1. The van der Waals surface area contributed by atoms with Crippen molar-refractivity contribution in [2.24, 2.45) is 0 Å². The molecule has 2 aromatic carbocycles. The van der Waals surface area contributed by atoms with E-state index >= 15 is 0 Å². The summed E-state index contributed by atoms with van der Waals surface area (Å²) in [5.74, 6) is 1.84. The van der Waals surface area contributed by atoms with E-state index < -0.39 is 0 Å². The van der Waals surface area contributed by atoms with Crippen molar-refractivity contribution in [1.82, 2.24) is 0 Å². The Morgan fingerprint density at radius 2 is 1.72 bits per heavy atom. The third kappa shape index (κ3) is 3.63. The first-order valence-corrected chi connectivity index (χ1v) is 6.88. The van der Waals surface area contributed by atoms with Crippen molar-refractivity contribution in [3.8, 4) is 11.5 Å². The Morgan fingerprint density at radius 1 is 1.00 bits per heavy atom. The fraction of sp³-hybridized carbons (Fsp3) is 0.200. The normalized spacial score (nSPS) is 10.1. The minimum Gasteiger partial charge on any atom is -0.497 e. The van der Waals surface area contributed by atoms with Crippen LogP contribution in [0.4, 0.5) is 0 Å². The van der Waals surface area contributed by atoms with Crippen LogP contribution in [0.1, 0.15) is 5.56 Å². The second kappa shape index (κ2) is 6.64. The summed E-state index contributed by atoms with van der Waals surface area (Å²) in [5, 5.41) is 0.